The highest BCUT2D eigenvalue weighted by molar-refractivity contribution is 7.18. The van der Waals surface area contributed by atoms with Crippen LogP contribution in [0.3, 0.4) is 0 Å². The fourth-order valence-corrected chi connectivity index (χ4v) is 4.48. The van der Waals surface area contributed by atoms with Crippen LogP contribution in [0.1, 0.15) is 104 Å². The fraction of sp³-hybridized carbons (Fsp3) is 0.696. The van der Waals surface area contributed by atoms with Crippen LogP contribution in [0.5, 0.6) is 0 Å². The number of thiophene rings is 1. The third-order valence-corrected chi connectivity index (χ3v) is 6.18. The van der Waals surface area contributed by atoms with Crippen molar-refractivity contribution in [3.05, 3.63) is 16.0 Å². The Labute approximate surface area is 185 Å². The summed E-state index contributed by atoms with van der Waals surface area (Å²) in [6, 6.07) is 0. The van der Waals surface area contributed by atoms with Gasteiger partial charge in [-0.25, -0.2) is 4.79 Å². The molecule has 0 fully saturated rings. The Hall–Kier alpha value is -1.89. The molecule has 30 heavy (non-hydrogen) atoms. The Morgan fingerprint density at radius 3 is 2.03 bits per heavy atom. The summed E-state index contributed by atoms with van der Waals surface area (Å²) >= 11 is 1.14. The topological polar surface area (TPSA) is 75.7 Å². The van der Waals surface area contributed by atoms with Gasteiger partial charge in [-0.1, -0.05) is 58.3 Å². The van der Waals surface area contributed by atoms with E-state index in [-0.39, 0.29) is 24.0 Å². The molecule has 170 valence electrons. The molecule has 0 aliphatic carbocycles. The van der Waals surface area contributed by atoms with Gasteiger partial charge in [0.05, 0.1) is 17.0 Å². The Kier molecular flexibility index (Phi) is 12.4. The third-order valence-electron chi connectivity index (χ3n) is 4.99. The van der Waals surface area contributed by atoms with Gasteiger partial charge in [-0.3, -0.25) is 9.59 Å². The van der Waals surface area contributed by atoms with Crippen LogP contribution in [0.4, 0.5) is 5.00 Å². The first-order chi connectivity index (χ1) is 14.3. The van der Waals surface area contributed by atoms with Crippen LogP contribution in [0.25, 0.3) is 0 Å². The summed E-state index contributed by atoms with van der Waals surface area (Å²) in [5.41, 5.74) is 0.836. The minimum absolute atomic E-state index is 0.131. The number of ether oxygens (including phenoxy) is 1. The van der Waals surface area contributed by atoms with Crippen molar-refractivity contribution < 1.29 is 19.1 Å². The lowest BCUT2D eigenvalue weighted by molar-refractivity contribution is -0.116. The van der Waals surface area contributed by atoms with Crippen LogP contribution in [0.15, 0.2) is 0 Å². The number of carbonyl (C=O) groups is 3. The molecule has 2 amide bonds. The lowest BCUT2D eigenvalue weighted by atomic mass is 10.1. The van der Waals surface area contributed by atoms with Gasteiger partial charge in [-0.05, 0) is 25.8 Å². The zero-order chi connectivity index (χ0) is 22.5. The van der Waals surface area contributed by atoms with Gasteiger partial charge in [0.25, 0.3) is 5.91 Å². The van der Waals surface area contributed by atoms with E-state index in [1.54, 1.807) is 27.9 Å². The molecule has 0 aliphatic rings. The van der Waals surface area contributed by atoms with Gasteiger partial charge in [0.2, 0.25) is 5.91 Å². The molecule has 1 aromatic rings. The van der Waals surface area contributed by atoms with Gasteiger partial charge in [0.15, 0.2) is 0 Å². The zero-order valence-electron chi connectivity index (χ0n) is 19.3. The van der Waals surface area contributed by atoms with E-state index in [1.807, 2.05) is 0 Å². The van der Waals surface area contributed by atoms with E-state index in [0.717, 1.165) is 30.6 Å². The zero-order valence-corrected chi connectivity index (χ0v) is 20.1. The predicted molar refractivity (Wildman–Crippen MR) is 124 cm³/mol. The summed E-state index contributed by atoms with van der Waals surface area (Å²) in [5, 5.41) is 3.24. The van der Waals surface area contributed by atoms with Crippen LogP contribution in [0, 0.1) is 6.92 Å². The van der Waals surface area contributed by atoms with Crippen LogP contribution in [-0.4, -0.2) is 43.4 Å². The summed E-state index contributed by atoms with van der Waals surface area (Å²) in [7, 11) is 3.32. The van der Waals surface area contributed by atoms with E-state index in [0.29, 0.717) is 21.9 Å². The lowest BCUT2D eigenvalue weighted by Gasteiger charge is -2.09. The number of nitrogens with one attached hydrogen (secondary N) is 1. The van der Waals surface area contributed by atoms with E-state index >= 15 is 0 Å². The van der Waals surface area contributed by atoms with Gasteiger partial charge in [0.1, 0.15) is 5.00 Å². The lowest BCUT2D eigenvalue weighted by Crippen LogP contribution is -2.21. The highest BCUT2D eigenvalue weighted by Crippen LogP contribution is 2.34. The molecule has 1 heterocycles. The standard InChI is InChI=1S/C23H38N2O4S/c1-6-8-9-10-11-12-13-14-15-16-18(26)24-21-19(23(28)29-7-2)17(3)20(30-21)22(27)25(4)5/h6-16H2,1-5H3,(H,24,26). The van der Waals surface area contributed by atoms with Gasteiger partial charge < -0.3 is 15.0 Å². The van der Waals surface area contributed by atoms with Crippen molar-refractivity contribution in [1.82, 2.24) is 4.90 Å². The monoisotopic (exact) mass is 438 g/mol. The SMILES string of the molecule is CCCCCCCCCCCC(=O)Nc1sc(C(=O)N(C)C)c(C)c1C(=O)OCC. The van der Waals surface area contributed by atoms with Gasteiger partial charge in [0, 0.05) is 20.5 Å². The second-order valence-corrected chi connectivity index (χ2v) is 8.83. The molecule has 0 atom stereocenters. The molecule has 7 heteroatoms. The van der Waals surface area contributed by atoms with E-state index in [1.165, 1.54) is 43.4 Å². The average molecular weight is 439 g/mol. The Bertz CT molecular complexity index is 698. The van der Waals surface area contributed by atoms with E-state index in [2.05, 4.69) is 12.2 Å². The van der Waals surface area contributed by atoms with Crippen LogP contribution in [-0.2, 0) is 9.53 Å². The second-order valence-electron chi connectivity index (χ2n) is 7.81. The third kappa shape index (κ3) is 8.46. The molecule has 0 aromatic carbocycles. The number of anilines is 1. The minimum Gasteiger partial charge on any atom is -0.462 e. The van der Waals surface area contributed by atoms with Crippen LogP contribution in [0.2, 0.25) is 0 Å². The largest absolute Gasteiger partial charge is 0.462 e. The molecule has 0 spiro atoms. The Balaban J connectivity index is 2.61. The van der Waals surface area contributed by atoms with Crippen molar-refractivity contribution in [3.8, 4) is 0 Å². The maximum absolute atomic E-state index is 12.4. The average Bonchev–Trinajstić information content (AvgIpc) is 3.01. The maximum Gasteiger partial charge on any atom is 0.341 e. The molecule has 0 aliphatic heterocycles. The van der Waals surface area contributed by atoms with Crippen molar-refractivity contribution in [2.24, 2.45) is 0 Å². The van der Waals surface area contributed by atoms with Crippen molar-refractivity contribution in [1.29, 1.82) is 0 Å². The molecule has 6 nitrogen and oxygen atoms in total. The first kappa shape index (κ1) is 26.1. The second kappa shape index (κ2) is 14.2. The van der Waals surface area contributed by atoms with Crippen LogP contribution >= 0.6 is 11.3 Å². The number of unbranched alkanes of at least 4 members (excludes halogenated alkanes) is 8. The highest BCUT2D eigenvalue weighted by atomic mass is 32.1. The number of amides is 2. The molecule has 1 N–H and O–H groups in total. The molecule has 0 saturated carbocycles. The first-order valence-corrected chi connectivity index (χ1v) is 12.0. The van der Waals surface area contributed by atoms with Gasteiger partial charge in [-0.15, -0.1) is 11.3 Å². The summed E-state index contributed by atoms with van der Waals surface area (Å²) in [6.07, 6.45) is 11.1. The fourth-order valence-electron chi connectivity index (χ4n) is 3.24. The number of nitrogens with zero attached hydrogens (tertiary/aromatic N) is 1. The summed E-state index contributed by atoms with van der Waals surface area (Å²) in [6.45, 7) is 5.90. The van der Waals surface area contributed by atoms with E-state index < -0.39 is 5.97 Å². The number of carbonyl (C=O) groups excluding carboxylic acids is 3. The van der Waals surface area contributed by atoms with Crippen molar-refractivity contribution in [3.63, 3.8) is 0 Å². The summed E-state index contributed by atoms with van der Waals surface area (Å²) < 4.78 is 5.14. The van der Waals surface area contributed by atoms with E-state index in [4.69, 9.17) is 4.74 Å². The van der Waals surface area contributed by atoms with E-state index in [9.17, 15) is 14.4 Å². The summed E-state index contributed by atoms with van der Waals surface area (Å²) in [5.74, 6) is -0.835. The molecule has 0 radical (unpaired) electrons. The molecule has 0 bridgehead atoms. The quantitative estimate of drug-likeness (QED) is 0.294. The van der Waals surface area contributed by atoms with Gasteiger partial charge in [-0.2, -0.15) is 0 Å². The van der Waals surface area contributed by atoms with Gasteiger partial charge >= 0.3 is 5.97 Å². The van der Waals surface area contributed by atoms with Crippen molar-refractivity contribution >= 4 is 34.1 Å². The van der Waals surface area contributed by atoms with Crippen LogP contribution < -0.4 is 5.32 Å². The number of rotatable bonds is 14. The normalized spacial score (nSPS) is 10.7. The minimum atomic E-state index is -0.512. The molecular weight excluding hydrogens is 400 g/mol. The predicted octanol–water partition coefficient (Wildman–Crippen LogP) is 5.79. The smallest absolute Gasteiger partial charge is 0.341 e. The summed E-state index contributed by atoms with van der Waals surface area (Å²) in [4.78, 5) is 39.2. The Morgan fingerprint density at radius 1 is 0.933 bits per heavy atom. The molecule has 0 saturated heterocycles. The highest BCUT2D eigenvalue weighted by Gasteiger charge is 2.27. The molecule has 1 rings (SSSR count). The molecule has 0 unspecified atom stereocenters. The number of hydrogen-bond acceptors (Lipinski definition) is 5. The molecule has 1 aromatic heterocycles. The number of hydrogen-bond donors (Lipinski definition) is 1. The van der Waals surface area contributed by atoms with Crippen molar-refractivity contribution in [2.75, 3.05) is 26.0 Å². The Morgan fingerprint density at radius 2 is 1.50 bits per heavy atom. The maximum atomic E-state index is 12.4. The first-order valence-electron chi connectivity index (χ1n) is 11.1. The molecular formula is C23H38N2O4S. The van der Waals surface area contributed by atoms with Crippen molar-refractivity contribution in [2.45, 2.75) is 85.0 Å². The number of esters is 1.